The Hall–Kier alpha value is -4.92. The quantitative estimate of drug-likeness (QED) is 0.370. The molecule has 3 aromatic carbocycles. The van der Waals surface area contributed by atoms with Crippen molar-refractivity contribution in [3.8, 4) is 17.0 Å². The van der Waals surface area contributed by atoms with Crippen molar-refractivity contribution in [2.75, 3.05) is 19.5 Å². The predicted molar refractivity (Wildman–Crippen MR) is 135 cm³/mol. The Kier molecular flexibility index (Phi) is 5.95. The van der Waals surface area contributed by atoms with Crippen LogP contribution in [0.2, 0.25) is 0 Å². The maximum absolute atomic E-state index is 13.2. The van der Waals surface area contributed by atoms with E-state index in [0.717, 1.165) is 5.56 Å². The summed E-state index contributed by atoms with van der Waals surface area (Å²) in [4.78, 5) is 42.6. The maximum atomic E-state index is 13.2. The zero-order valence-electron chi connectivity index (χ0n) is 19.6. The van der Waals surface area contributed by atoms with E-state index in [1.165, 1.54) is 17.6 Å². The SMILES string of the molecule is COC(=O)c1ccc(NC(=O)Cn2c3ccccc3n3c(=O)cc(-c4cccc(OC)c4)nc23)cc1. The second-order valence-corrected chi connectivity index (χ2v) is 8.04. The van der Waals surface area contributed by atoms with Crippen molar-refractivity contribution in [1.29, 1.82) is 0 Å². The maximum Gasteiger partial charge on any atom is 0.337 e. The van der Waals surface area contributed by atoms with Gasteiger partial charge in [0.05, 0.1) is 36.5 Å². The molecule has 0 fully saturated rings. The lowest BCUT2D eigenvalue weighted by Crippen LogP contribution is -2.20. The van der Waals surface area contributed by atoms with Crippen molar-refractivity contribution >= 4 is 34.4 Å². The van der Waals surface area contributed by atoms with Gasteiger partial charge in [-0.2, -0.15) is 0 Å². The van der Waals surface area contributed by atoms with Gasteiger partial charge >= 0.3 is 5.97 Å². The number of nitrogens with zero attached hydrogens (tertiary/aromatic N) is 3. The number of hydrogen-bond acceptors (Lipinski definition) is 6. The van der Waals surface area contributed by atoms with Crippen LogP contribution in [-0.2, 0) is 16.1 Å². The van der Waals surface area contributed by atoms with Crippen molar-refractivity contribution in [3.63, 3.8) is 0 Å². The molecular weight excluding hydrogens is 460 g/mol. The number of anilines is 1. The van der Waals surface area contributed by atoms with Crippen molar-refractivity contribution in [2.45, 2.75) is 6.54 Å². The molecule has 0 saturated heterocycles. The molecule has 2 aromatic heterocycles. The molecule has 180 valence electrons. The van der Waals surface area contributed by atoms with Crippen LogP contribution in [0, 0.1) is 0 Å². The number of aromatic nitrogens is 3. The van der Waals surface area contributed by atoms with E-state index in [1.807, 2.05) is 42.5 Å². The van der Waals surface area contributed by atoms with E-state index in [4.69, 9.17) is 14.5 Å². The highest BCUT2D eigenvalue weighted by molar-refractivity contribution is 5.94. The average molecular weight is 482 g/mol. The number of para-hydroxylation sites is 2. The summed E-state index contributed by atoms with van der Waals surface area (Å²) >= 11 is 0. The number of benzene rings is 3. The van der Waals surface area contributed by atoms with Crippen LogP contribution < -0.4 is 15.6 Å². The molecule has 0 aliphatic carbocycles. The third-order valence-corrected chi connectivity index (χ3v) is 5.81. The van der Waals surface area contributed by atoms with Gasteiger partial charge in [-0.3, -0.25) is 9.59 Å². The number of hydrogen-bond donors (Lipinski definition) is 1. The largest absolute Gasteiger partial charge is 0.497 e. The van der Waals surface area contributed by atoms with Crippen molar-refractivity contribution in [2.24, 2.45) is 0 Å². The van der Waals surface area contributed by atoms with E-state index < -0.39 is 5.97 Å². The Morgan fingerprint density at radius 3 is 2.39 bits per heavy atom. The number of rotatable bonds is 6. The zero-order valence-corrected chi connectivity index (χ0v) is 19.6. The van der Waals surface area contributed by atoms with E-state index >= 15 is 0 Å². The van der Waals surface area contributed by atoms with Crippen LogP contribution in [0.1, 0.15) is 10.4 Å². The Bertz CT molecular complexity index is 1670. The molecule has 0 atom stereocenters. The van der Waals surface area contributed by atoms with Crippen LogP contribution in [0.25, 0.3) is 28.1 Å². The summed E-state index contributed by atoms with van der Waals surface area (Å²) in [6.07, 6.45) is 0. The minimum atomic E-state index is -0.457. The number of imidazole rings is 1. The molecule has 1 amide bonds. The van der Waals surface area contributed by atoms with E-state index in [0.29, 0.717) is 39.5 Å². The fraction of sp³-hybridized carbons (Fsp3) is 0.111. The third kappa shape index (κ3) is 4.18. The Morgan fingerprint density at radius 2 is 1.67 bits per heavy atom. The first-order valence-electron chi connectivity index (χ1n) is 11.1. The minimum Gasteiger partial charge on any atom is -0.497 e. The van der Waals surface area contributed by atoms with Crippen LogP contribution in [-0.4, -0.2) is 40.0 Å². The van der Waals surface area contributed by atoms with Gasteiger partial charge in [-0.05, 0) is 48.5 Å². The van der Waals surface area contributed by atoms with Gasteiger partial charge in [-0.1, -0.05) is 24.3 Å². The molecule has 36 heavy (non-hydrogen) atoms. The van der Waals surface area contributed by atoms with Crippen molar-refractivity contribution in [3.05, 3.63) is 94.8 Å². The Balaban J connectivity index is 1.55. The summed E-state index contributed by atoms with van der Waals surface area (Å²) in [5.74, 6) is 0.219. The average Bonchev–Trinajstić information content (AvgIpc) is 3.22. The molecular formula is C27H22N4O5. The molecule has 2 heterocycles. The minimum absolute atomic E-state index is 0.0796. The number of amides is 1. The highest BCUT2D eigenvalue weighted by Gasteiger charge is 2.17. The van der Waals surface area contributed by atoms with Crippen LogP contribution >= 0.6 is 0 Å². The lowest BCUT2D eigenvalue weighted by molar-refractivity contribution is -0.116. The van der Waals surface area contributed by atoms with E-state index in [9.17, 15) is 14.4 Å². The normalized spacial score (nSPS) is 10.9. The molecule has 0 spiro atoms. The van der Waals surface area contributed by atoms with Gasteiger partial charge in [0.15, 0.2) is 0 Å². The smallest absolute Gasteiger partial charge is 0.337 e. The Morgan fingerprint density at radius 1 is 0.917 bits per heavy atom. The first-order chi connectivity index (χ1) is 17.5. The predicted octanol–water partition coefficient (Wildman–Crippen LogP) is 3.75. The molecule has 5 rings (SSSR count). The number of esters is 1. The van der Waals surface area contributed by atoms with Gasteiger partial charge < -0.3 is 19.4 Å². The third-order valence-electron chi connectivity index (χ3n) is 5.81. The number of nitrogens with one attached hydrogen (secondary N) is 1. The molecule has 0 aliphatic rings. The van der Waals surface area contributed by atoms with Crippen LogP contribution in [0.4, 0.5) is 5.69 Å². The molecule has 0 radical (unpaired) electrons. The topological polar surface area (TPSA) is 104 Å². The van der Waals surface area contributed by atoms with Crippen LogP contribution in [0.15, 0.2) is 83.7 Å². The fourth-order valence-corrected chi connectivity index (χ4v) is 4.10. The van der Waals surface area contributed by atoms with E-state index in [1.54, 1.807) is 42.0 Å². The van der Waals surface area contributed by atoms with E-state index in [2.05, 4.69) is 5.32 Å². The van der Waals surface area contributed by atoms with Crippen LogP contribution in [0.3, 0.4) is 0 Å². The molecule has 9 heteroatoms. The molecule has 9 nitrogen and oxygen atoms in total. The highest BCUT2D eigenvalue weighted by atomic mass is 16.5. The fourth-order valence-electron chi connectivity index (χ4n) is 4.10. The molecule has 0 unspecified atom stereocenters. The standard InChI is InChI=1S/C27H22N4O5/c1-35-20-7-5-6-18(14-20)21-15-25(33)31-23-9-4-3-8-22(23)30(27(31)29-21)16-24(32)28-19-12-10-17(11-13-19)26(34)36-2/h3-15H,16H2,1-2H3,(H,28,32). The Labute approximate surface area is 205 Å². The number of fused-ring (bicyclic) bond motifs is 3. The number of ether oxygens (including phenoxy) is 2. The van der Waals surface area contributed by atoms with Crippen molar-refractivity contribution in [1.82, 2.24) is 14.0 Å². The molecule has 5 aromatic rings. The van der Waals surface area contributed by atoms with E-state index in [-0.39, 0.29) is 18.0 Å². The molecule has 0 aliphatic heterocycles. The zero-order chi connectivity index (χ0) is 25.2. The van der Waals surface area contributed by atoms with Gasteiger partial charge in [0.2, 0.25) is 11.7 Å². The summed E-state index contributed by atoms with van der Waals surface area (Å²) in [6.45, 7) is -0.0796. The van der Waals surface area contributed by atoms with Gasteiger partial charge in [0, 0.05) is 17.3 Å². The molecule has 0 saturated carbocycles. The molecule has 1 N–H and O–H groups in total. The molecule has 0 bridgehead atoms. The summed E-state index contributed by atoms with van der Waals surface area (Å²) in [6, 6.07) is 22.5. The first kappa shape index (κ1) is 22.9. The monoisotopic (exact) mass is 482 g/mol. The summed E-state index contributed by atoms with van der Waals surface area (Å²) in [5.41, 5.74) is 3.19. The van der Waals surface area contributed by atoms with Crippen molar-refractivity contribution < 1.29 is 19.1 Å². The summed E-state index contributed by atoms with van der Waals surface area (Å²) < 4.78 is 13.2. The lowest BCUT2D eigenvalue weighted by Gasteiger charge is -2.09. The number of methoxy groups -OCH3 is 2. The summed E-state index contributed by atoms with van der Waals surface area (Å²) in [5, 5.41) is 2.83. The first-order valence-corrected chi connectivity index (χ1v) is 11.1. The second kappa shape index (κ2) is 9.38. The summed E-state index contributed by atoms with van der Waals surface area (Å²) in [7, 11) is 2.88. The van der Waals surface area contributed by atoms with Gasteiger partial charge in [-0.15, -0.1) is 0 Å². The number of carbonyl (C=O) groups excluding carboxylic acids is 2. The van der Waals surface area contributed by atoms with Gasteiger partial charge in [0.1, 0.15) is 12.3 Å². The van der Waals surface area contributed by atoms with Gasteiger partial charge in [-0.25, -0.2) is 14.2 Å². The van der Waals surface area contributed by atoms with Gasteiger partial charge in [0.25, 0.3) is 5.56 Å². The second-order valence-electron chi connectivity index (χ2n) is 8.04. The lowest BCUT2D eigenvalue weighted by atomic mass is 10.1. The highest BCUT2D eigenvalue weighted by Crippen LogP contribution is 2.24. The van der Waals surface area contributed by atoms with Crippen LogP contribution in [0.5, 0.6) is 5.75 Å². The number of carbonyl (C=O) groups is 2.